The van der Waals surface area contributed by atoms with Crippen LogP contribution in [0.5, 0.6) is 11.5 Å². The average Bonchev–Trinajstić information content (AvgIpc) is 2.87. The molecule has 1 unspecified atom stereocenters. The molecule has 1 amide bonds. The minimum Gasteiger partial charge on any atom is -0.493 e. The Kier molecular flexibility index (Phi) is 3.49. The van der Waals surface area contributed by atoms with Gasteiger partial charge in [-0.05, 0) is 19.4 Å². The Morgan fingerprint density at radius 1 is 1.48 bits per heavy atom. The summed E-state index contributed by atoms with van der Waals surface area (Å²) in [6.45, 7) is 3.39. The van der Waals surface area contributed by atoms with Gasteiger partial charge in [-0.15, -0.1) is 0 Å². The number of ether oxygens (including phenoxy) is 3. The molecular formula is C16H19NO4. The van der Waals surface area contributed by atoms with E-state index in [-0.39, 0.29) is 11.5 Å². The number of rotatable bonds is 2. The van der Waals surface area contributed by atoms with Crippen LogP contribution in [-0.2, 0) is 10.2 Å². The van der Waals surface area contributed by atoms with Crippen LogP contribution in [0.25, 0.3) is 0 Å². The highest BCUT2D eigenvalue weighted by atomic mass is 16.6. The van der Waals surface area contributed by atoms with Crippen LogP contribution in [0.2, 0.25) is 0 Å². The average molecular weight is 289 g/mol. The molecule has 0 saturated heterocycles. The van der Waals surface area contributed by atoms with Crippen molar-refractivity contribution in [2.24, 2.45) is 0 Å². The van der Waals surface area contributed by atoms with Crippen molar-refractivity contribution in [3.05, 3.63) is 36.0 Å². The van der Waals surface area contributed by atoms with Crippen LogP contribution in [-0.4, -0.2) is 37.9 Å². The molecule has 0 radical (unpaired) electrons. The van der Waals surface area contributed by atoms with Crippen LogP contribution in [0.15, 0.2) is 30.5 Å². The molecule has 112 valence electrons. The minimum atomic E-state index is -0.298. The topological polar surface area (TPSA) is 48.0 Å². The molecule has 5 heteroatoms. The molecule has 1 atom stereocenters. The molecule has 3 rings (SSSR count). The second-order valence-electron chi connectivity index (χ2n) is 5.24. The number of nitrogens with zero attached hydrogens (tertiary/aromatic N) is 1. The van der Waals surface area contributed by atoms with Gasteiger partial charge in [-0.25, -0.2) is 4.79 Å². The molecule has 0 aliphatic carbocycles. The van der Waals surface area contributed by atoms with Crippen molar-refractivity contribution < 1.29 is 19.0 Å². The van der Waals surface area contributed by atoms with E-state index in [9.17, 15) is 4.79 Å². The van der Waals surface area contributed by atoms with Crippen molar-refractivity contribution in [2.75, 3.05) is 26.9 Å². The molecule has 0 N–H and O–H groups in total. The number of hydrogen-bond donors (Lipinski definition) is 0. The first kappa shape index (κ1) is 13.8. The summed E-state index contributed by atoms with van der Waals surface area (Å²) >= 11 is 0. The maximum atomic E-state index is 11.7. The zero-order valence-corrected chi connectivity index (χ0v) is 12.3. The van der Waals surface area contributed by atoms with Crippen LogP contribution < -0.4 is 9.47 Å². The summed E-state index contributed by atoms with van der Waals surface area (Å²) in [5, 5.41) is 0. The molecule has 1 aromatic carbocycles. The number of hydrogen-bond acceptors (Lipinski definition) is 4. The van der Waals surface area contributed by atoms with Gasteiger partial charge in [0.25, 0.3) is 0 Å². The lowest BCUT2D eigenvalue weighted by Crippen LogP contribution is -2.38. The number of carbonyl (C=O) groups is 1. The second kappa shape index (κ2) is 5.31. The standard InChI is InChI=1S/C16H19NO4/c1-3-20-15(18)17-9-7-16(8-10-17)11-21-14-12(16)5-4-6-13(14)19-2/h4-7,9H,3,8,10-11H2,1-2H3. The van der Waals surface area contributed by atoms with E-state index in [2.05, 4.69) is 6.07 Å². The SMILES string of the molecule is CCOC(=O)N1C=CC2(CC1)COc1c(OC)cccc12. The van der Waals surface area contributed by atoms with E-state index in [1.54, 1.807) is 25.1 Å². The highest BCUT2D eigenvalue weighted by Crippen LogP contribution is 2.48. The van der Waals surface area contributed by atoms with E-state index in [1.807, 2.05) is 18.2 Å². The smallest absolute Gasteiger partial charge is 0.413 e. The number of benzene rings is 1. The molecule has 5 nitrogen and oxygen atoms in total. The highest BCUT2D eigenvalue weighted by molar-refractivity contribution is 5.69. The van der Waals surface area contributed by atoms with E-state index < -0.39 is 0 Å². The molecular weight excluding hydrogens is 270 g/mol. The van der Waals surface area contributed by atoms with Crippen LogP contribution in [0.3, 0.4) is 0 Å². The molecule has 2 aliphatic heterocycles. The lowest BCUT2D eigenvalue weighted by molar-refractivity contribution is 0.116. The number of fused-ring (bicyclic) bond motifs is 2. The number of carbonyl (C=O) groups excluding carboxylic acids is 1. The Labute approximate surface area is 124 Å². The first-order chi connectivity index (χ1) is 10.2. The Balaban J connectivity index is 1.87. The fraction of sp³-hybridized carbons (Fsp3) is 0.438. The fourth-order valence-electron chi connectivity index (χ4n) is 2.91. The molecule has 0 saturated carbocycles. The lowest BCUT2D eigenvalue weighted by Gasteiger charge is -2.32. The van der Waals surface area contributed by atoms with Crippen molar-refractivity contribution in [1.82, 2.24) is 4.90 Å². The molecule has 0 aromatic heterocycles. The van der Waals surface area contributed by atoms with Gasteiger partial charge < -0.3 is 14.2 Å². The number of methoxy groups -OCH3 is 1. The molecule has 1 spiro atoms. The van der Waals surface area contributed by atoms with Gasteiger partial charge in [-0.1, -0.05) is 18.2 Å². The van der Waals surface area contributed by atoms with Crippen molar-refractivity contribution in [3.8, 4) is 11.5 Å². The van der Waals surface area contributed by atoms with Crippen LogP contribution in [0.1, 0.15) is 18.9 Å². The summed E-state index contributed by atoms with van der Waals surface area (Å²) in [5.41, 5.74) is 0.953. The normalized spacial score (nSPS) is 22.9. The Morgan fingerprint density at radius 3 is 3.00 bits per heavy atom. The minimum absolute atomic E-state index is 0.174. The first-order valence-corrected chi connectivity index (χ1v) is 7.13. The predicted molar refractivity (Wildman–Crippen MR) is 77.7 cm³/mol. The van der Waals surface area contributed by atoms with E-state index >= 15 is 0 Å². The van der Waals surface area contributed by atoms with E-state index in [0.29, 0.717) is 19.8 Å². The molecule has 21 heavy (non-hydrogen) atoms. The predicted octanol–water partition coefficient (Wildman–Crippen LogP) is 2.70. The summed E-state index contributed by atoms with van der Waals surface area (Å²) in [5.74, 6) is 1.57. The zero-order valence-electron chi connectivity index (χ0n) is 12.3. The Morgan fingerprint density at radius 2 is 2.33 bits per heavy atom. The van der Waals surface area contributed by atoms with Gasteiger partial charge in [0.1, 0.15) is 6.61 Å². The van der Waals surface area contributed by atoms with E-state index in [4.69, 9.17) is 14.2 Å². The summed E-state index contributed by atoms with van der Waals surface area (Å²) < 4.78 is 16.2. The first-order valence-electron chi connectivity index (χ1n) is 7.13. The van der Waals surface area contributed by atoms with Gasteiger partial charge in [0.15, 0.2) is 11.5 Å². The number of amides is 1. The van der Waals surface area contributed by atoms with Gasteiger partial charge in [-0.3, -0.25) is 4.90 Å². The lowest BCUT2D eigenvalue weighted by atomic mass is 9.78. The monoisotopic (exact) mass is 289 g/mol. The molecule has 2 heterocycles. The zero-order chi connectivity index (χ0) is 14.9. The van der Waals surface area contributed by atoms with Crippen molar-refractivity contribution >= 4 is 6.09 Å². The van der Waals surface area contributed by atoms with Gasteiger partial charge in [0, 0.05) is 18.3 Å². The van der Waals surface area contributed by atoms with E-state index in [0.717, 1.165) is 23.5 Å². The van der Waals surface area contributed by atoms with Crippen molar-refractivity contribution in [3.63, 3.8) is 0 Å². The maximum absolute atomic E-state index is 11.7. The molecule has 0 bridgehead atoms. The van der Waals surface area contributed by atoms with Gasteiger partial charge >= 0.3 is 6.09 Å². The van der Waals surface area contributed by atoms with Gasteiger partial charge in [-0.2, -0.15) is 0 Å². The molecule has 0 fully saturated rings. The summed E-state index contributed by atoms with van der Waals surface area (Å²) in [4.78, 5) is 13.4. The Bertz CT molecular complexity index is 584. The summed E-state index contributed by atoms with van der Waals surface area (Å²) in [6.07, 6.45) is 4.36. The fourth-order valence-corrected chi connectivity index (χ4v) is 2.91. The van der Waals surface area contributed by atoms with Crippen LogP contribution >= 0.6 is 0 Å². The number of para-hydroxylation sites is 1. The third kappa shape index (κ3) is 2.22. The Hall–Kier alpha value is -2.17. The van der Waals surface area contributed by atoms with Gasteiger partial charge in [0.05, 0.1) is 19.1 Å². The van der Waals surface area contributed by atoms with Crippen molar-refractivity contribution in [2.45, 2.75) is 18.8 Å². The van der Waals surface area contributed by atoms with Gasteiger partial charge in [0.2, 0.25) is 0 Å². The molecule has 2 aliphatic rings. The largest absolute Gasteiger partial charge is 0.493 e. The summed E-state index contributed by atoms with van der Waals surface area (Å²) in [7, 11) is 1.64. The third-order valence-electron chi connectivity index (χ3n) is 4.08. The van der Waals surface area contributed by atoms with Crippen molar-refractivity contribution in [1.29, 1.82) is 0 Å². The van der Waals surface area contributed by atoms with E-state index in [1.165, 1.54) is 0 Å². The summed E-state index contributed by atoms with van der Waals surface area (Å²) in [6, 6.07) is 5.93. The maximum Gasteiger partial charge on any atom is 0.413 e. The second-order valence-corrected chi connectivity index (χ2v) is 5.24. The van der Waals surface area contributed by atoms with Crippen LogP contribution in [0.4, 0.5) is 4.79 Å². The molecule has 1 aromatic rings. The highest BCUT2D eigenvalue weighted by Gasteiger charge is 2.42. The van der Waals surface area contributed by atoms with Crippen LogP contribution in [0, 0.1) is 0 Å². The quantitative estimate of drug-likeness (QED) is 0.840. The third-order valence-corrected chi connectivity index (χ3v) is 4.08.